The first kappa shape index (κ1) is 16.8. The van der Waals surface area contributed by atoms with Crippen molar-refractivity contribution in [2.24, 2.45) is 11.7 Å². The Morgan fingerprint density at radius 1 is 1.27 bits per heavy atom. The van der Waals surface area contributed by atoms with Crippen LogP contribution < -0.4 is 16.0 Å². The summed E-state index contributed by atoms with van der Waals surface area (Å²) in [6.45, 7) is 9.48. The average molecular weight is 305 g/mol. The highest BCUT2D eigenvalue weighted by Crippen LogP contribution is 2.28. The molecule has 3 N–H and O–H groups in total. The number of nitrogens with zero attached hydrogens (tertiary/aromatic N) is 1. The van der Waals surface area contributed by atoms with Crippen LogP contribution in [0.5, 0.6) is 0 Å². The van der Waals surface area contributed by atoms with Crippen molar-refractivity contribution in [3.63, 3.8) is 0 Å². The zero-order valence-electron chi connectivity index (χ0n) is 13.9. The summed E-state index contributed by atoms with van der Waals surface area (Å²) in [5.41, 5.74) is 7.69. The van der Waals surface area contributed by atoms with E-state index >= 15 is 0 Å². The molecule has 0 saturated carbocycles. The van der Waals surface area contributed by atoms with Crippen LogP contribution in [0.2, 0.25) is 0 Å². The van der Waals surface area contributed by atoms with Gasteiger partial charge in [-0.25, -0.2) is 0 Å². The molecule has 5 heteroatoms. The van der Waals surface area contributed by atoms with Crippen molar-refractivity contribution < 1.29 is 9.53 Å². The smallest absolute Gasteiger partial charge is 0.228 e. The molecule has 1 heterocycles. The highest BCUT2D eigenvalue weighted by molar-refractivity contribution is 5.96. The number of benzene rings is 1. The van der Waals surface area contributed by atoms with Crippen LogP contribution in [0.25, 0.3) is 0 Å². The SMILES string of the molecule is CC1CN(c2ccccc2NC(=O)C(C)C(C)N)CC(C)O1. The van der Waals surface area contributed by atoms with Gasteiger partial charge in [0.25, 0.3) is 0 Å². The Balaban J connectivity index is 2.18. The van der Waals surface area contributed by atoms with E-state index in [1.807, 2.05) is 38.1 Å². The van der Waals surface area contributed by atoms with Crippen molar-refractivity contribution in [3.8, 4) is 0 Å². The Morgan fingerprint density at radius 2 is 1.86 bits per heavy atom. The normalized spacial score (nSPS) is 24.7. The topological polar surface area (TPSA) is 67.6 Å². The van der Waals surface area contributed by atoms with Crippen molar-refractivity contribution in [1.29, 1.82) is 0 Å². The fourth-order valence-corrected chi connectivity index (χ4v) is 2.72. The molecule has 0 bridgehead atoms. The molecule has 1 saturated heterocycles. The molecule has 1 aromatic carbocycles. The van der Waals surface area contributed by atoms with Crippen LogP contribution in [0, 0.1) is 5.92 Å². The maximum Gasteiger partial charge on any atom is 0.228 e. The molecular formula is C17H27N3O2. The van der Waals surface area contributed by atoms with Gasteiger partial charge in [-0.2, -0.15) is 0 Å². The minimum absolute atomic E-state index is 0.0446. The van der Waals surface area contributed by atoms with E-state index in [-0.39, 0.29) is 30.1 Å². The number of carbonyl (C=O) groups excluding carboxylic acids is 1. The summed E-state index contributed by atoms with van der Waals surface area (Å²) in [5, 5.41) is 3.02. The van der Waals surface area contributed by atoms with E-state index in [4.69, 9.17) is 10.5 Å². The van der Waals surface area contributed by atoms with Crippen LogP contribution in [0.15, 0.2) is 24.3 Å². The van der Waals surface area contributed by atoms with Gasteiger partial charge in [0.15, 0.2) is 0 Å². The van der Waals surface area contributed by atoms with Crippen LogP contribution in [0.4, 0.5) is 11.4 Å². The van der Waals surface area contributed by atoms with Crippen LogP contribution >= 0.6 is 0 Å². The molecule has 2 rings (SSSR count). The summed E-state index contributed by atoms with van der Waals surface area (Å²) in [5.74, 6) is -0.271. The number of hydrogen-bond acceptors (Lipinski definition) is 4. The summed E-state index contributed by atoms with van der Waals surface area (Å²) >= 11 is 0. The molecule has 0 aromatic heterocycles. The lowest BCUT2D eigenvalue weighted by Gasteiger charge is -2.37. The Morgan fingerprint density at radius 3 is 2.45 bits per heavy atom. The Hall–Kier alpha value is -1.59. The highest BCUT2D eigenvalue weighted by atomic mass is 16.5. The van der Waals surface area contributed by atoms with Gasteiger partial charge in [-0.1, -0.05) is 19.1 Å². The van der Waals surface area contributed by atoms with E-state index in [1.54, 1.807) is 0 Å². The van der Waals surface area contributed by atoms with E-state index < -0.39 is 0 Å². The predicted molar refractivity (Wildman–Crippen MR) is 90.1 cm³/mol. The average Bonchev–Trinajstić information content (AvgIpc) is 2.45. The van der Waals surface area contributed by atoms with Gasteiger partial charge in [-0.15, -0.1) is 0 Å². The molecule has 4 atom stereocenters. The number of para-hydroxylation sites is 2. The molecule has 0 radical (unpaired) electrons. The van der Waals surface area contributed by atoms with Crippen LogP contribution in [0.1, 0.15) is 27.7 Å². The van der Waals surface area contributed by atoms with Crippen molar-refractivity contribution in [1.82, 2.24) is 0 Å². The first-order valence-electron chi connectivity index (χ1n) is 7.94. The van der Waals surface area contributed by atoms with Gasteiger partial charge in [0.2, 0.25) is 5.91 Å². The zero-order chi connectivity index (χ0) is 16.3. The molecule has 5 nitrogen and oxygen atoms in total. The largest absolute Gasteiger partial charge is 0.372 e. The van der Waals surface area contributed by atoms with Crippen molar-refractivity contribution in [2.75, 3.05) is 23.3 Å². The van der Waals surface area contributed by atoms with Crippen LogP contribution in [-0.4, -0.2) is 37.2 Å². The minimum atomic E-state index is -0.226. The van der Waals surface area contributed by atoms with Crippen LogP contribution in [-0.2, 0) is 9.53 Å². The third-order valence-electron chi connectivity index (χ3n) is 4.12. The van der Waals surface area contributed by atoms with Gasteiger partial charge >= 0.3 is 0 Å². The molecule has 0 spiro atoms. The molecule has 1 fully saturated rings. The first-order chi connectivity index (χ1) is 10.4. The summed E-state index contributed by atoms with van der Waals surface area (Å²) in [4.78, 5) is 14.6. The lowest BCUT2D eigenvalue weighted by Crippen LogP contribution is -2.45. The predicted octanol–water partition coefficient (Wildman–Crippen LogP) is 2.22. The lowest BCUT2D eigenvalue weighted by molar-refractivity contribution is -0.119. The zero-order valence-corrected chi connectivity index (χ0v) is 13.9. The Bertz CT molecular complexity index is 508. The number of carbonyl (C=O) groups is 1. The molecule has 1 aliphatic rings. The first-order valence-corrected chi connectivity index (χ1v) is 7.94. The number of ether oxygens (including phenoxy) is 1. The third-order valence-corrected chi connectivity index (χ3v) is 4.12. The molecule has 1 amide bonds. The van der Waals surface area contributed by atoms with E-state index in [1.165, 1.54) is 0 Å². The van der Waals surface area contributed by atoms with Gasteiger partial charge in [-0.3, -0.25) is 4.79 Å². The summed E-state index contributed by atoms with van der Waals surface area (Å²) in [6.07, 6.45) is 0.353. The van der Waals surface area contributed by atoms with Crippen molar-refractivity contribution >= 4 is 17.3 Å². The molecule has 1 aliphatic heterocycles. The van der Waals surface area contributed by atoms with Gasteiger partial charge in [0.1, 0.15) is 0 Å². The maximum atomic E-state index is 12.3. The quantitative estimate of drug-likeness (QED) is 0.895. The number of rotatable bonds is 4. The monoisotopic (exact) mass is 305 g/mol. The second-order valence-electron chi connectivity index (χ2n) is 6.32. The fraction of sp³-hybridized carbons (Fsp3) is 0.588. The summed E-state index contributed by atoms with van der Waals surface area (Å²) in [6, 6.07) is 7.73. The van der Waals surface area contributed by atoms with Crippen molar-refractivity contribution in [2.45, 2.75) is 45.9 Å². The van der Waals surface area contributed by atoms with E-state index in [2.05, 4.69) is 24.1 Å². The second-order valence-corrected chi connectivity index (χ2v) is 6.32. The Kier molecular flexibility index (Phi) is 5.42. The van der Waals surface area contributed by atoms with E-state index in [9.17, 15) is 4.79 Å². The number of amides is 1. The van der Waals surface area contributed by atoms with Gasteiger partial charge in [-0.05, 0) is 32.9 Å². The highest BCUT2D eigenvalue weighted by Gasteiger charge is 2.25. The minimum Gasteiger partial charge on any atom is -0.372 e. The second kappa shape index (κ2) is 7.11. The third kappa shape index (κ3) is 3.99. The van der Waals surface area contributed by atoms with Crippen molar-refractivity contribution in [3.05, 3.63) is 24.3 Å². The van der Waals surface area contributed by atoms with Gasteiger partial charge in [0.05, 0.1) is 29.5 Å². The fourth-order valence-electron chi connectivity index (χ4n) is 2.72. The molecule has 1 aromatic rings. The lowest BCUT2D eigenvalue weighted by atomic mass is 10.0. The van der Waals surface area contributed by atoms with Crippen LogP contribution in [0.3, 0.4) is 0 Å². The molecule has 0 aliphatic carbocycles. The van der Waals surface area contributed by atoms with Gasteiger partial charge in [0, 0.05) is 19.1 Å². The molecule has 22 heavy (non-hydrogen) atoms. The number of anilines is 2. The molecule has 4 unspecified atom stereocenters. The maximum absolute atomic E-state index is 12.3. The standard InChI is InChI=1S/C17H27N3O2/c1-11-9-20(10-12(2)22-11)16-8-6-5-7-15(16)19-17(21)13(3)14(4)18/h5-8,11-14H,9-10,18H2,1-4H3,(H,19,21). The summed E-state index contributed by atoms with van der Waals surface area (Å²) in [7, 11) is 0. The van der Waals surface area contributed by atoms with Gasteiger partial charge < -0.3 is 20.7 Å². The van der Waals surface area contributed by atoms with E-state index in [0.29, 0.717) is 0 Å². The molecular weight excluding hydrogens is 278 g/mol. The number of nitrogens with one attached hydrogen (secondary N) is 1. The Labute approximate surface area is 132 Å². The molecule has 122 valence electrons. The number of nitrogens with two attached hydrogens (primary N) is 1. The summed E-state index contributed by atoms with van der Waals surface area (Å²) < 4.78 is 5.78. The van der Waals surface area contributed by atoms with E-state index in [0.717, 1.165) is 24.5 Å². The number of morpholine rings is 1. The number of hydrogen-bond donors (Lipinski definition) is 2.